The number of nitrogens with zero attached hydrogens (tertiary/aromatic N) is 2. The van der Waals surface area contributed by atoms with Crippen molar-refractivity contribution in [2.45, 2.75) is 25.4 Å². The van der Waals surface area contributed by atoms with Gasteiger partial charge in [0.05, 0.1) is 17.9 Å². The Morgan fingerprint density at radius 1 is 1.19 bits per heavy atom. The Kier molecular flexibility index (Phi) is 5.14. The van der Waals surface area contributed by atoms with Gasteiger partial charge in [-0.05, 0) is 43.2 Å². The van der Waals surface area contributed by atoms with Crippen LogP contribution in [0, 0.1) is 0 Å². The van der Waals surface area contributed by atoms with Crippen LogP contribution in [0.2, 0.25) is 0 Å². The van der Waals surface area contributed by atoms with Crippen LogP contribution in [0.15, 0.2) is 48.5 Å². The van der Waals surface area contributed by atoms with E-state index in [2.05, 4.69) is 10.6 Å². The fourth-order valence-electron chi connectivity index (χ4n) is 4.58. The summed E-state index contributed by atoms with van der Waals surface area (Å²) in [4.78, 5) is 40.3. The molecule has 0 spiro atoms. The Morgan fingerprint density at radius 2 is 2.03 bits per heavy atom. The van der Waals surface area contributed by atoms with Crippen LogP contribution < -0.4 is 10.6 Å². The summed E-state index contributed by atoms with van der Waals surface area (Å²) in [6.45, 7) is 1.58. The minimum atomic E-state index is -0.426. The van der Waals surface area contributed by atoms with Gasteiger partial charge in [-0.2, -0.15) is 0 Å². The summed E-state index contributed by atoms with van der Waals surface area (Å²) in [7, 11) is 1.63. The summed E-state index contributed by atoms with van der Waals surface area (Å²) in [6, 6.07) is 14.2. The molecule has 3 heterocycles. The van der Waals surface area contributed by atoms with Gasteiger partial charge in [0.1, 0.15) is 11.7 Å². The van der Waals surface area contributed by atoms with Crippen molar-refractivity contribution >= 4 is 40.0 Å². The summed E-state index contributed by atoms with van der Waals surface area (Å²) in [5.74, 6) is -0.624. The van der Waals surface area contributed by atoms with Crippen LogP contribution >= 0.6 is 0 Å². The smallest absolute Gasteiger partial charge is 0.272 e. The number of nitrogens with one attached hydrogen (secondary N) is 2. The lowest BCUT2D eigenvalue weighted by Crippen LogP contribution is -2.40. The maximum Gasteiger partial charge on any atom is 0.272 e. The van der Waals surface area contributed by atoms with Crippen molar-refractivity contribution in [2.75, 3.05) is 30.9 Å². The van der Waals surface area contributed by atoms with Gasteiger partial charge in [0, 0.05) is 36.8 Å². The predicted octanol–water partition coefficient (Wildman–Crippen LogP) is 3.10. The van der Waals surface area contributed by atoms with Gasteiger partial charge in [0.15, 0.2) is 0 Å². The lowest BCUT2D eigenvalue weighted by atomic mass is 10.1. The number of hydrogen-bond acceptors (Lipinski definition) is 4. The molecule has 0 saturated carbocycles. The number of hydrogen-bond donors (Lipinski definition) is 2. The fraction of sp³-hybridized carbons (Fsp3) is 0.292. The molecule has 8 nitrogen and oxygen atoms in total. The highest BCUT2D eigenvalue weighted by Gasteiger charge is 2.38. The van der Waals surface area contributed by atoms with Crippen molar-refractivity contribution in [3.8, 4) is 0 Å². The molecule has 3 amide bonds. The lowest BCUT2D eigenvalue weighted by Gasteiger charge is -2.20. The van der Waals surface area contributed by atoms with E-state index < -0.39 is 6.04 Å². The molecular formula is C24H24N4O4. The zero-order chi connectivity index (χ0) is 22.2. The van der Waals surface area contributed by atoms with Crippen molar-refractivity contribution in [1.82, 2.24) is 9.47 Å². The first-order valence-corrected chi connectivity index (χ1v) is 10.7. The van der Waals surface area contributed by atoms with Gasteiger partial charge >= 0.3 is 0 Å². The number of aromatic nitrogens is 1. The average molecular weight is 432 g/mol. The average Bonchev–Trinajstić information content (AvgIpc) is 3.41. The van der Waals surface area contributed by atoms with Crippen LogP contribution in [0.25, 0.3) is 10.9 Å². The first kappa shape index (κ1) is 20.3. The molecule has 3 aromatic rings. The Balaban J connectivity index is 1.46. The van der Waals surface area contributed by atoms with Crippen molar-refractivity contribution < 1.29 is 19.1 Å². The molecule has 0 aliphatic carbocycles. The van der Waals surface area contributed by atoms with Crippen molar-refractivity contribution in [1.29, 1.82) is 0 Å². The van der Waals surface area contributed by atoms with Gasteiger partial charge in [-0.3, -0.25) is 14.4 Å². The summed E-state index contributed by atoms with van der Waals surface area (Å²) < 4.78 is 7.15. The summed E-state index contributed by atoms with van der Waals surface area (Å²) in [5.41, 5.74) is 2.83. The summed E-state index contributed by atoms with van der Waals surface area (Å²) in [5, 5.41) is 6.73. The molecule has 0 unspecified atom stereocenters. The van der Waals surface area contributed by atoms with Gasteiger partial charge < -0.3 is 24.8 Å². The molecule has 1 atom stereocenters. The SMILES string of the molecule is COCCn1c(C(=O)Nc2ccc3c(c2)C(=O)N2CCC[C@@H]2C(=O)N3)cc2ccccc21. The molecule has 5 rings (SSSR count). The van der Waals surface area contributed by atoms with Crippen molar-refractivity contribution in [3.63, 3.8) is 0 Å². The Morgan fingerprint density at radius 3 is 2.88 bits per heavy atom. The number of benzene rings is 2. The van der Waals surface area contributed by atoms with Crippen LogP contribution in [-0.2, 0) is 16.1 Å². The number of amides is 3. The van der Waals surface area contributed by atoms with Crippen LogP contribution in [0.5, 0.6) is 0 Å². The van der Waals surface area contributed by atoms with Crippen LogP contribution in [-0.4, -0.2) is 53.5 Å². The maximum atomic E-state index is 13.2. The molecule has 2 N–H and O–H groups in total. The third-order valence-corrected chi connectivity index (χ3v) is 6.14. The topological polar surface area (TPSA) is 92.7 Å². The van der Waals surface area contributed by atoms with E-state index in [1.165, 1.54) is 0 Å². The van der Waals surface area contributed by atoms with E-state index in [1.54, 1.807) is 30.2 Å². The second kappa shape index (κ2) is 8.12. The first-order chi connectivity index (χ1) is 15.6. The zero-order valence-electron chi connectivity index (χ0n) is 17.8. The molecule has 32 heavy (non-hydrogen) atoms. The van der Waals surface area contributed by atoms with Gasteiger partial charge in [0.2, 0.25) is 5.91 Å². The minimum absolute atomic E-state index is 0.158. The predicted molar refractivity (Wildman–Crippen MR) is 121 cm³/mol. The highest BCUT2D eigenvalue weighted by atomic mass is 16.5. The summed E-state index contributed by atoms with van der Waals surface area (Å²) >= 11 is 0. The van der Waals surface area contributed by atoms with Gasteiger partial charge in [0.25, 0.3) is 11.8 Å². The molecule has 1 fully saturated rings. The Hall–Kier alpha value is -3.65. The molecule has 1 saturated heterocycles. The number of ether oxygens (including phenoxy) is 1. The van der Waals surface area contributed by atoms with Crippen LogP contribution in [0.1, 0.15) is 33.7 Å². The third-order valence-electron chi connectivity index (χ3n) is 6.14. The number of fused-ring (bicyclic) bond motifs is 3. The van der Waals surface area contributed by atoms with Gasteiger partial charge in [-0.25, -0.2) is 0 Å². The monoisotopic (exact) mass is 432 g/mol. The normalized spacial score (nSPS) is 17.7. The number of carbonyl (C=O) groups is 3. The standard InChI is InChI=1S/C24H24N4O4/c1-32-12-11-27-19-6-3-2-5-15(19)13-21(27)23(30)25-16-8-9-18-17(14-16)24(31)28-10-4-7-20(28)22(29)26-18/h2-3,5-6,8-9,13-14,20H,4,7,10-12H2,1H3,(H,25,30)(H,26,29)/t20-/m1/s1. The van der Waals surface area contributed by atoms with E-state index in [0.717, 1.165) is 17.3 Å². The highest BCUT2D eigenvalue weighted by molar-refractivity contribution is 6.12. The van der Waals surface area contributed by atoms with E-state index in [1.807, 2.05) is 34.9 Å². The van der Waals surface area contributed by atoms with Crippen LogP contribution in [0.4, 0.5) is 11.4 Å². The van der Waals surface area contributed by atoms with Gasteiger partial charge in [-0.1, -0.05) is 18.2 Å². The third kappa shape index (κ3) is 3.42. The molecule has 0 bridgehead atoms. The second-order valence-corrected chi connectivity index (χ2v) is 8.09. The fourth-order valence-corrected chi connectivity index (χ4v) is 4.58. The molecule has 164 valence electrons. The number of methoxy groups -OCH3 is 1. The van der Waals surface area contributed by atoms with E-state index in [0.29, 0.717) is 48.7 Å². The summed E-state index contributed by atoms with van der Waals surface area (Å²) in [6.07, 6.45) is 1.47. The maximum absolute atomic E-state index is 13.2. The largest absolute Gasteiger partial charge is 0.383 e. The molecular weight excluding hydrogens is 408 g/mol. The molecule has 0 radical (unpaired) electrons. The van der Waals surface area contributed by atoms with E-state index >= 15 is 0 Å². The Labute approximate surface area is 185 Å². The number of para-hydroxylation sites is 1. The van der Waals surface area contributed by atoms with E-state index in [-0.39, 0.29) is 17.7 Å². The lowest BCUT2D eigenvalue weighted by molar-refractivity contribution is -0.119. The Bertz CT molecular complexity index is 1230. The van der Waals surface area contributed by atoms with Gasteiger partial charge in [-0.15, -0.1) is 0 Å². The van der Waals surface area contributed by atoms with Crippen molar-refractivity contribution in [3.05, 3.63) is 59.8 Å². The van der Waals surface area contributed by atoms with E-state index in [9.17, 15) is 14.4 Å². The first-order valence-electron chi connectivity index (χ1n) is 10.7. The molecule has 2 aromatic carbocycles. The second-order valence-electron chi connectivity index (χ2n) is 8.09. The molecule has 2 aliphatic rings. The molecule has 1 aromatic heterocycles. The van der Waals surface area contributed by atoms with Crippen LogP contribution in [0.3, 0.4) is 0 Å². The number of carbonyl (C=O) groups excluding carboxylic acids is 3. The molecule has 8 heteroatoms. The quantitative estimate of drug-likeness (QED) is 0.648. The van der Waals surface area contributed by atoms with E-state index in [4.69, 9.17) is 4.74 Å². The zero-order valence-corrected chi connectivity index (χ0v) is 17.8. The van der Waals surface area contributed by atoms with Crippen molar-refractivity contribution in [2.24, 2.45) is 0 Å². The number of rotatable bonds is 5. The minimum Gasteiger partial charge on any atom is -0.383 e. The molecule has 2 aliphatic heterocycles. The highest BCUT2D eigenvalue weighted by Crippen LogP contribution is 2.31. The number of anilines is 2.